The third kappa shape index (κ3) is 3.80. The normalized spacial score (nSPS) is 18.3. The van der Waals surface area contributed by atoms with Gasteiger partial charge in [-0.1, -0.05) is 0 Å². The molecule has 0 spiro atoms. The molecular weight excluding hydrogens is 160 g/mol. The van der Waals surface area contributed by atoms with E-state index in [1.807, 2.05) is 0 Å². The second-order valence-electron chi connectivity index (χ2n) is 2.65. The molecule has 0 aromatic rings. The molecule has 1 N–H and O–H groups in total. The number of aliphatic hydroxyl groups excluding tert-OH is 1. The van der Waals surface area contributed by atoms with Gasteiger partial charge >= 0.3 is 0 Å². The highest BCUT2D eigenvalue weighted by Gasteiger charge is 2.18. The van der Waals surface area contributed by atoms with Gasteiger partial charge in [0.05, 0.1) is 12.2 Å². The van der Waals surface area contributed by atoms with Gasteiger partial charge in [0.1, 0.15) is 12.4 Å². The summed E-state index contributed by atoms with van der Waals surface area (Å²) in [6, 6.07) is 0. The van der Waals surface area contributed by atoms with Gasteiger partial charge in [-0.3, -0.25) is 0 Å². The fraction of sp³-hybridized carbons (Fsp3) is 0.875. The Morgan fingerprint density at radius 3 is 2.33 bits per heavy atom. The Labute approximate surface area is 72.5 Å². The van der Waals surface area contributed by atoms with Crippen molar-refractivity contribution in [3.8, 4) is 0 Å². The maximum Gasteiger partial charge on any atom is 0.148 e. The molecule has 4 heteroatoms. The van der Waals surface area contributed by atoms with Crippen LogP contribution in [-0.2, 0) is 14.3 Å². The van der Waals surface area contributed by atoms with Gasteiger partial charge in [0, 0.05) is 20.6 Å². The van der Waals surface area contributed by atoms with Crippen molar-refractivity contribution in [2.45, 2.75) is 31.7 Å². The molecular formula is C8H16O4. The van der Waals surface area contributed by atoms with Crippen molar-refractivity contribution in [2.75, 3.05) is 14.2 Å². The highest BCUT2D eigenvalue weighted by Crippen LogP contribution is 2.06. The van der Waals surface area contributed by atoms with E-state index in [2.05, 4.69) is 0 Å². The number of rotatable bonds is 6. The highest BCUT2D eigenvalue weighted by atomic mass is 16.5. The van der Waals surface area contributed by atoms with Crippen LogP contribution < -0.4 is 0 Å². The molecule has 0 aliphatic rings. The number of carbonyl (C=O) groups is 1. The first-order valence-electron chi connectivity index (χ1n) is 3.84. The summed E-state index contributed by atoms with van der Waals surface area (Å²) in [5.41, 5.74) is 0. The Hall–Kier alpha value is -0.450. The largest absolute Gasteiger partial charge is 0.390 e. The van der Waals surface area contributed by atoms with Crippen molar-refractivity contribution in [2.24, 2.45) is 0 Å². The van der Waals surface area contributed by atoms with Crippen LogP contribution in [0.15, 0.2) is 0 Å². The molecule has 0 aliphatic carbocycles. The Balaban J connectivity index is 3.79. The zero-order valence-corrected chi connectivity index (χ0v) is 7.69. The number of hydrogen-bond donors (Lipinski definition) is 1. The SMILES string of the molecule is CO[C@@H](C=O)C[C@H](O)[C@@H](C)OC. The summed E-state index contributed by atoms with van der Waals surface area (Å²) >= 11 is 0. The summed E-state index contributed by atoms with van der Waals surface area (Å²) in [6.45, 7) is 1.74. The molecule has 12 heavy (non-hydrogen) atoms. The van der Waals surface area contributed by atoms with Crippen LogP contribution in [0.3, 0.4) is 0 Å². The Kier molecular flexibility index (Phi) is 5.88. The molecule has 0 fully saturated rings. The van der Waals surface area contributed by atoms with Crippen LogP contribution in [0.1, 0.15) is 13.3 Å². The molecule has 0 saturated heterocycles. The molecule has 0 saturated carbocycles. The molecule has 0 bridgehead atoms. The lowest BCUT2D eigenvalue weighted by molar-refractivity contribution is -0.119. The van der Waals surface area contributed by atoms with Crippen molar-refractivity contribution in [1.82, 2.24) is 0 Å². The number of ether oxygens (including phenoxy) is 2. The van der Waals surface area contributed by atoms with Gasteiger partial charge in [0.15, 0.2) is 0 Å². The smallest absolute Gasteiger partial charge is 0.148 e. The van der Waals surface area contributed by atoms with E-state index in [1.165, 1.54) is 14.2 Å². The first-order valence-corrected chi connectivity index (χ1v) is 3.84. The Morgan fingerprint density at radius 1 is 1.42 bits per heavy atom. The van der Waals surface area contributed by atoms with Gasteiger partial charge in [0.25, 0.3) is 0 Å². The standard InChI is InChI=1S/C8H16O4/c1-6(11-2)8(10)4-7(5-9)12-3/h5-8,10H,4H2,1-3H3/t6-,7-,8+/m1/s1. The van der Waals surface area contributed by atoms with Crippen molar-refractivity contribution >= 4 is 6.29 Å². The average Bonchev–Trinajstić information content (AvgIpc) is 2.12. The zero-order valence-electron chi connectivity index (χ0n) is 7.69. The van der Waals surface area contributed by atoms with Crippen LogP contribution in [0.5, 0.6) is 0 Å². The van der Waals surface area contributed by atoms with E-state index < -0.39 is 12.2 Å². The molecule has 3 atom stereocenters. The Bertz CT molecular complexity index is 126. The minimum Gasteiger partial charge on any atom is -0.390 e. The quantitative estimate of drug-likeness (QED) is 0.578. The van der Waals surface area contributed by atoms with Gasteiger partial charge in [-0.05, 0) is 6.92 Å². The van der Waals surface area contributed by atoms with E-state index in [1.54, 1.807) is 6.92 Å². The van der Waals surface area contributed by atoms with Gasteiger partial charge < -0.3 is 19.4 Å². The fourth-order valence-corrected chi connectivity index (χ4v) is 0.794. The Morgan fingerprint density at radius 2 is 2.00 bits per heavy atom. The van der Waals surface area contributed by atoms with E-state index >= 15 is 0 Å². The first-order chi connectivity index (χ1) is 5.65. The molecule has 0 radical (unpaired) electrons. The molecule has 0 unspecified atom stereocenters. The third-order valence-electron chi connectivity index (χ3n) is 1.84. The number of hydrogen-bond acceptors (Lipinski definition) is 4. The lowest BCUT2D eigenvalue weighted by Gasteiger charge is -2.19. The maximum absolute atomic E-state index is 10.3. The van der Waals surface area contributed by atoms with Crippen molar-refractivity contribution in [3.63, 3.8) is 0 Å². The lowest BCUT2D eigenvalue weighted by Crippen LogP contribution is -2.30. The fourth-order valence-electron chi connectivity index (χ4n) is 0.794. The van der Waals surface area contributed by atoms with Crippen molar-refractivity contribution < 1.29 is 19.4 Å². The molecule has 0 rings (SSSR count). The summed E-state index contributed by atoms with van der Waals surface area (Å²) in [6.07, 6.45) is -0.536. The van der Waals surface area contributed by atoms with E-state index in [0.717, 1.165) is 0 Å². The van der Waals surface area contributed by atoms with E-state index in [-0.39, 0.29) is 12.5 Å². The molecule has 4 nitrogen and oxygen atoms in total. The molecule has 0 aromatic carbocycles. The summed E-state index contributed by atoms with van der Waals surface area (Å²) < 4.78 is 9.66. The van der Waals surface area contributed by atoms with Crippen molar-refractivity contribution in [1.29, 1.82) is 0 Å². The summed E-state index contributed by atoms with van der Waals surface area (Å²) in [5.74, 6) is 0. The lowest BCUT2D eigenvalue weighted by atomic mass is 10.1. The molecule has 0 heterocycles. The number of aldehydes is 1. The van der Waals surface area contributed by atoms with Crippen LogP contribution in [0.2, 0.25) is 0 Å². The van der Waals surface area contributed by atoms with Crippen LogP contribution >= 0.6 is 0 Å². The van der Waals surface area contributed by atoms with Gasteiger partial charge in [-0.2, -0.15) is 0 Å². The first kappa shape index (κ1) is 11.6. The predicted octanol–water partition coefficient (Wildman–Crippen LogP) is -0.0138. The maximum atomic E-state index is 10.3. The zero-order chi connectivity index (χ0) is 9.56. The van der Waals surface area contributed by atoms with E-state index in [9.17, 15) is 9.90 Å². The van der Waals surface area contributed by atoms with Gasteiger partial charge in [-0.25, -0.2) is 0 Å². The highest BCUT2D eigenvalue weighted by molar-refractivity contribution is 5.55. The predicted molar refractivity (Wildman–Crippen MR) is 44.0 cm³/mol. The topological polar surface area (TPSA) is 55.8 Å². The number of carbonyl (C=O) groups excluding carboxylic acids is 1. The van der Waals surface area contributed by atoms with Gasteiger partial charge in [-0.15, -0.1) is 0 Å². The van der Waals surface area contributed by atoms with Crippen LogP contribution in [0.4, 0.5) is 0 Å². The van der Waals surface area contributed by atoms with Crippen LogP contribution in [0, 0.1) is 0 Å². The van der Waals surface area contributed by atoms with E-state index in [4.69, 9.17) is 9.47 Å². The average molecular weight is 176 g/mol. The summed E-state index contributed by atoms with van der Waals surface area (Å²) in [7, 11) is 2.94. The summed E-state index contributed by atoms with van der Waals surface area (Å²) in [5, 5.41) is 9.39. The monoisotopic (exact) mass is 176 g/mol. The second-order valence-corrected chi connectivity index (χ2v) is 2.65. The third-order valence-corrected chi connectivity index (χ3v) is 1.84. The molecule has 0 amide bonds. The molecule has 0 aromatic heterocycles. The van der Waals surface area contributed by atoms with Crippen LogP contribution in [-0.4, -0.2) is 43.9 Å². The molecule has 72 valence electrons. The van der Waals surface area contributed by atoms with Crippen LogP contribution in [0.25, 0.3) is 0 Å². The number of methoxy groups -OCH3 is 2. The minimum absolute atomic E-state index is 0.273. The number of aliphatic hydroxyl groups is 1. The van der Waals surface area contributed by atoms with Crippen molar-refractivity contribution in [3.05, 3.63) is 0 Å². The molecule has 0 aliphatic heterocycles. The minimum atomic E-state index is -0.662. The van der Waals surface area contributed by atoms with E-state index in [0.29, 0.717) is 6.29 Å². The second kappa shape index (κ2) is 6.11. The van der Waals surface area contributed by atoms with Gasteiger partial charge in [0.2, 0.25) is 0 Å². The summed E-state index contributed by atoms with van der Waals surface area (Å²) in [4.78, 5) is 10.3.